The van der Waals surface area contributed by atoms with Gasteiger partial charge in [-0.15, -0.1) is 0 Å². The second kappa shape index (κ2) is 11.4. The summed E-state index contributed by atoms with van der Waals surface area (Å²) in [6.07, 6.45) is 14.5. The zero-order valence-electron chi connectivity index (χ0n) is 20.2. The van der Waals surface area contributed by atoms with E-state index in [0.29, 0.717) is 15.6 Å². The summed E-state index contributed by atoms with van der Waals surface area (Å²) in [6.45, 7) is 0. The summed E-state index contributed by atoms with van der Waals surface area (Å²) in [5.74, 6) is -0.885. The number of carboxylic acids is 1. The fraction of sp³-hybridized carbons (Fsp3) is 0.233. The quantitative estimate of drug-likeness (QED) is 0.352. The lowest BCUT2D eigenvalue weighted by atomic mass is 9.88. The number of aromatic nitrogens is 2. The second-order valence-electron chi connectivity index (χ2n) is 9.40. The highest BCUT2D eigenvalue weighted by atomic mass is 35.5. The molecule has 1 heterocycles. The second-order valence-corrected chi connectivity index (χ2v) is 10.3. The molecule has 1 saturated carbocycles. The SMILES string of the molecule is O=C(O)C(NC1CCC(=Cc2ncnc3c2C=C(c2ccc(Cl)cc2)C=CC3)CC1)c1ccc(Cl)cc1. The number of hydrogen-bond donors (Lipinski definition) is 2. The van der Waals surface area contributed by atoms with Gasteiger partial charge in [-0.3, -0.25) is 10.1 Å². The van der Waals surface area contributed by atoms with Gasteiger partial charge in [0.05, 0.1) is 11.4 Å². The Morgan fingerprint density at radius 1 is 1.00 bits per heavy atom. The van der Waals surface area contributed by atoms with E-state index in [9.17, 15) is 9.90 Å². The van der Waals surface area contributed by atoms with Crippen molar-refractivity contribution in [3.05, 3.63) is 111 Å². The number of nitrogens with zero attached hydrogens (tertiary/aromatic N) is 2. The minimum absolute atomic E-state index is 0.122. The number of allylic oxidation sites excluding steroid dienone is 4. The zero-order chi connectivity index (χ0) is 25.8. The molecule has 2 aliphatic rings. The molecule has 3 aromatic rings. The Labute approximate surface area is 226 Å². The molecule has 0 amide bonds. The molecule has 2 aromatic carbocycles. The number of halogens is 2. The third-order valence-electron chi connectivity index (χ3n) is 6.90. The van der Waals surface area contributed by atoms with Crippen LogP contribution in [-0.4, -0.2) is 27.1 Å². The topological polar surface area (TPSA) is 75.1 Å². The van der Waals surface area contributed by atoms with Crippen molar-refractivity contribution in [1.29, 1.82) is 0 Å². The first-order chi connectivity index (χ1) is 18.0. The smallest absolute Gasteiger partial charge is 0.325 e. The molecule has 0 saturated heterocycles. The van der Waals surface area contributed by atoms with Crippen molar-refractivity contribution in [3.63, 3.8) is 0 Å². The van der Waals surface area contributed by atoms with Crippen LogP contribution in [0.25, 0.3) is 17.7 Å². The van der Waals surface area contributed by atoms with Gasteiger partial charge in [0, 0.05) is 28.1 Å². The molecule has 0 bridgehead atoms. The van der Waals surface area contributed by atoms with Crippen LogP contribution in [0.4, 0.5) is 0 Å². The van der Waals surface area contributed by atoms with Crippen LogP contribution in [0.2, 0.25) is 10.0 Å². The third-order valence-corrected chi connectivity index (χ3v) is 7.41. The van der Waals surface area contributed by atoms with E-state index in [1.165, 1.54) is 5.57 Å². The van der Waals surface area contributed by atoms with Gasteiger partial charge in [-0.25, -0.2) is 9.97 Å². The van der Waals surface area contributed by atoms with Gasteiger partial charge < -0.3 is 5.11 Å². The van der Waals surface area contributed by atoms with Crippen molar-refractivity contribution < 1.29 is 9.90 Å². The average molecular weight is 532 g/mol. The van der Waals surface area contributed by atoms with E-state index in [0.717, 1.165) is 60.2 Å². The lowest BCUT2D eigenvalue weighted by molar-refractivity contribution is -0.140. The molecule has 5 nitrogen and oxygen atoms in total. The minimum Gasteiger partial charge on any atom is -0.480 e. The van der Waals surface area contributed by atoms with Crippen LogP contribution in [0.1, 0.15) is 59.8 Å². The molecule has 188 valence electrons. The highest BCUT2D eigenvalue weighted by molar-refractivity contribution is 6.30. The fourth-order valence-corrected chi connectivity index (χ4v) is 5.15. The van der Waals surface area contributed by atoms with Crippen LogP contribution in [0.15, 0.2) is 72.6 Å². The average Bonchev–Trinajstić information content (AvgIpc) is 3.13. The number of rotatable bonds is 6. The standard InChI is InChI=1S/C30H27Cl2N3O2/c31-23-10-6-20(7-11-23)22-2-1-3-27-26(17-22)28(34-18-33-27)16-19-4-14-25(15-5-19)35-29(30(36)37)21-8-12-24(32)13-9-21/h1-2,6-13,16-18,25,29,35H,3-5,14-15H2,(H,36,37). The first kappa shape index (κ1) is 25.4. The van der Waals surface area contributed by atoms with Crippen LogP contribution < -0.4 is 5.32 Å². The number of nitrogens with one attached hydrogen (secondary N) is 1. The summed E-state index contributed by atoms with van der Waals surface area (Å²) in [4.78, 5) is 21.1. The van der Waals surface area contributed by atoms with Crippen LogP contribution >= 0.6 is 23.2 Å². The van der Waals surface area contributed by atoms with E-state index >= 15 is 0 Å². The first-order valence-electron chi connectivity index (χ1n) is 12.4. The molecule has 0 radical (unpaired) electrons. The Kier molecular flexibility index (Phi) is 7.85. The van der Waals surface area contributed by atoms with Crippen LogP contribution in [0.5, 0.6) is 0 Å². The fourth-order valence-electron chi connectivity index (χ4n) is 4.90. The Morgan fingerprint density at radius 3 is 2.35 bits per heavy atom. The monoisotopic (exact) mass is 531 g/mol. The number of hydrogen-bond acceptors (Lipinski definition) is 4. The lowest BCUT2D eigenvalue weighted by Crippen LogP contribution is -2.38. The molecule has 2 aliphatic carbocycles. The maximum Gasteiger partial charge on any atom is 0.325 e. The maximum atomic E-state index is 11.9. The number of carboxylic acid groups (broad SMARTS) is 1. The van der Waals surface area contributed by atoms with Crippen LogP contribution in [-0.2, 0) is 11.2 Å². The predicted octanol–water partition coefficient (Wildman–Crippen LogP) is 7.18. The lowest BCUT2D eigenvalue weighted by Gasteiger charge is -2.28. The van der Waals surface area contributed by atoms with Crippen molar-refractivity contribution in [2.24, 2.45) is 0 Å². The van der Waals surface area contributed by atoms with Crippen LogP contribution in [0.3, 0.4) is 0 Å². The van der Waals surface area contributed by atoms with Crippen molar-refractivity contribution >= 4 is 46.9 Å². The largest absolute Gasteiger partial charge is 0.480 e. The number of benzene rings is 2. The van der Waals surface area contributed by atoms with E-state index in [-0.39, 0.29) is 6.04 Å². The summed E-state index contributed by atoms with van der Waals surface area (Å²) in [5, 5.41) is 14.4. The number of carbonyl (C=O) groups is 1. The summed E-state index contributed by atoms with van der Waals surface area (Å²) >= 11 is 12.1. The van der Waals surface area contributed by atoms with E-state index < -0.39 is 12.0 Å². The van der Waals surface area contributed by atoms with Gasteiger partial charge in [0.15, 0.2) is 0 Å². The number of aliphatic carboxylic acids is 1. The Morgan fingerprint density at radius 2 is 1.68 bits per heavy atom. The third kappa shape index (κ3) is 6.19. The summed E-state index contributed by atoms with van der Waals surface area (Å²) in [6, 6.07) is 14.2. The van der Waals surface area contributed by atoms with Gasteiger partial charge in [0.1, 0.15) is 12.4 Å². The van der Waals surface area contributed by atoms with Crippen molar-refractivity contribution in [2.75, 3.05) is 0 Å². The molecule has 1 fully saturated rings. The predicted molar refractivity (Wildman–Crippen MR) is 149 cm³/mol. The molecule has 1 aromatic heterocycles. The zero-order valence-corrected chi connectivity index (χ0v) is 21.7. The minimum atomic E-state index is -0.885. The molecule has 2 N–H and O–H groups in total. The van der Waals surface area contributed by atoms with Gasteiger partial charge in [-0.1, -0.05) is 65.2 Å². The molecule has 5 rings (SSSR count). The molecule has 37 heavy (non-hydrogen) atoms. The van der Waals surface area contributed by atoms with Gasteiger partial charge in [0.25, 0.3) is 0 Å². The van der Waals surface area contributed by atoms with Crippen molar-refractivity contribution in [2.45, 2.75) is 44.2 Å². The summed E-state index contributed by atoms with van der Waals surface area (Å²) in [5.41, 5.74) is 7.18. The van der Waals surface area contributed by atoms with E-state index in [1.54, 1.807) is 30.6 Å². The maximum absolute atomic E-state index is 11.9. The molecule has 0 spiro atoms. The van der Waals surface area contributed by atoms with Gasteiger partial charge in [-0.2, -0.15) is 0 Å². The number of fused-ring (bicyclic) bond motifs is 1. The highest BCUT2D eigenvalue weighted by Gasteiger charge is 2.26. The highest BCUT2D eigenvalue weighted by Crippen LogP contribution is 2.31. The van der Waals surface area contributed by atoms with E-state index in [4.69, 9.17) is 23.2 Å². The molecule has 7 heteroatoms. The normalized spacial score (nSPS) is 17.9. The summed E-state index contributed by atoms with van der Waals surface area (Å²) < 4.78 is 0. The Hall–Kier alpha value is -3.25. The molecule has 0 aliphatic heterocycles. The first-order valence-corrected chi connectivity index (χ1v) is 13.1. The van der Waals surface area contributed by atoms with Crippen LogP contribution in [0, 0.1) is 0 Å². The molecule has 1 atom stereocenters. The van der Waals surface area contributed by atoms with Gasteiger partial charge in [0.2, 0.25) is 0 Å². The summed E-state index contributed by atoms with van der Waals surface area (Å²) in [7, 11) is 0. The molecular weight excluding hydrogens is 505 g/mol. The Balaban J connectivity index is 1.32. The Bertz CT molecular complexity index is 1370. The van der Waals surface area contributed by atoms with Crippen molar-refractivity contribution in [1.82, 2.24) is 15.3 Å². The van der Waals surface area contributed by atoms with Gasteiger partial charge in [-0.05, 0) is 78.8 Å². The van der Waals surface area contributed by atoms with Crippen molar-refractivity contribution in [3.8, 4) is 0 Å². The van der Waals surface area contributed by atoms with E-state index in [2.05, 4.69) is 39.6 Å². The molecule has 1 unspecified atom stereocenters. The van der Waals surface area contributed by atoms with E-state index in [1.807, 2.05) is 24.3 Å². The molecular formula is C30H27Cl2N3O2. The van der Waals surface area contributed by atoms with Gasteiger partial charge >= 0.3 is 5.97 Å².